The number of hydrogen-bond donors (Lipinski definition) is 1. The Hall–Kier alpha value is -1.39. The molecule has 20 heavy (non-hydrogen) atoms. The van der Waals surface area contributed by atoms with Gasteiger partial charge in [-0.25, -0.2) is 4.98 Å². The number of pyridine rings is 1. The molecule has 4 heteroatoms. The molecule has 0 atom stereocenters. The molecule has 0 aliphatic carbocycles. The fourth-order valence-corrected chi connectivity index (χ4v) is 2.82. The van der Waals surface area contributed by atoms with Crippen molar-refractivity contribution in [3.8, 4) is 0 Å². The van der Waals surface area contributed by atoms with Crippen molar-refractivity contribution in [2.24, 2.45) is 0 Å². The molecule has 0 aliphatic rings. The molecule has 0 fully saturated rings. The van der Waals surface area contributed by atoms with Gasteiger partial charge in [0.25, 0.3) is 0 Å². The van der Waals surface area contributed by atoms with Gasteiger partial charge < -0.3 is 10.2 Å². The summed E-state index contributed by atoms with van der Waals surface area (Å²) in [6.07, 6.45) is 0. The number of nitrogens with one attached hydrogen (secondary N) is 1. The van der Waals surface area contributed by atoms with Gasteiger partial charge in [-0.1, -0.05) is 19.9 Å². The number of rotatable bonds is 6. The zero-order chi connectivity index (χ0) is 14.5. The van der Waals surface area contributed by atoms with Crippen LogP contribution < -0.4 is 10.2 Å². The third-order valence-corrected chi connectivity index (χ3v) is 3.94. The molecule has 2 aromatic heterocycles. The Bertz CT molecular complexity index is 535. The molecule has 0 unspecified atom stereocenters. The summed E-state index contributed by atoms with van der Waals surface area (Å²) < 4.78 is 0. The first-order valence-corrected chi connectivity index (χ1v) is 7.87. The number of hydrogen-bond acceptors (Lipinski definition) is 4. The number of anilines is 1. The van der Waals surface area contributed by atoms with Crippen molar-refractivity contribution >= 4 is 17.2 Å². The first-order valence-electron chi connectivity index (χ1n) is 6.99. The summed E-state index contributed by atoms with van der Waals surface area (Å²) in [6.45, 7) is 8.18. The summed E-state index contributed by atoms with van der Waals surface area (Å²) in [6, 6.07) is 9.08. The Morgan fingerprint density at radius 2 is 2.15 bits per heavy atom. The molecule has 0 amide bonds. The lowest BCUT2D eigenvalue weighted by Gasteiger charge is -2.19. The van der Waals surface area contributed by atoms with E-state index in [2.05, 4.69) is 72.7 Å². The summed E-state index contributed by atoms with van der Waals surface area (Å²) in [7, 11) is 2.10. The number of aromatic nitrogens is 1. The van der Waals surface area contributed by atoms with Gasteiger partial charge in [0.05, 0.1) is 6.54 Å². The lowest BCUT2D eigenvalue weighted by atomic mass is 10.2. The fourth-order valence-electron chi connectivity index (χ4n) is 2.06. The number of nitrogens with zero attached hydrogens (tertiary/aromatic N) is 2. The Labute approximate surface area is 125 Å². The van der Waals surface area contributed by atoms with E-state index in [9.17, 15) is 0 Å². The molecule has 0 radical (unpaired) electrons. The van der Waals surface area contributed by atoms with E-state index in [1.165, 1.54) is 10.4 Å². The van der Waals surface area contributed by atoms with E-state index in [-0.39, 0.29) is 0 Å². The molecule has 2 aromatic rings. The third kappa shape index (κ3) is 4.32. The monoisotopic (exact) mass is 289 g/mol. The van der Waals surface area contributed by atoms with Crippen LogP contribution in [0, 0.1) is 6.92 Å². The number of thiophene rings is 1. The van der Waals surface area contributed by atoms with Crippen LogP contribution in [-0.2, 0) is 13.1 Å². The third-order valence-electron chi connectivity index (χ3n) is 3.08. The maximum absolute atomic E-state index is 4.64. The molecule has 0 bridgehead atoms. The van der Waals surface area contributed by atoms with E-state index in [0.29, 0.717) is 6.04 Å². The van der Waals surface area contributed by atoms with E-state index in [1.54, 1.807) is 11.3 Å². The Balaban J connectivity index is 2.10. The van der Waals surface area contributed by atoms with Gasteiger partial charge in [0.1, 0.15) is 5.82 Å². The van der Waals surface area contributed by atoms with Crippen molar-refractivity contribution in [1.29, 1.82) is 0 Å². The first-order chi connectivity index (χ1) is 9.54. The van der Waals surface area contributed by atoms with Gasteiger partial charge in [0.2, 0.25) is 0 Å². The Morgan fingerprint density at radius 3 is 2.80 bits per heavy atom. The quantitative estimate of drug-likeness (QED) is 0.881. The van der Waals surface area contributed by atoms with E-state index in [1.807, 2.05) is 0 Å². The van der Waals surface area contributed by atoms with E-state index in [4.69, 9.17) is 0 Å². The molecule has 0 aromatic carbocycles. The molecule has 3 nitrogen and oxygen atoms in total. The summed E-state index contributed by atoms with van der Waals surface area (Å²) >= 11 is 1.79. The average Bonchev–Trinajstić information content (AvgIpc) is 2.88. The zero-order valence-electron chi connectivity index (χ0n) is 12.7. The van der Waals surface area contributed by atoms with Crippen molar-refractivity contribution in [3.05, 3.63) is 45.8 Å². The van der Waals surface area contributed by atoms with Gasteiger partial charge >= 0.3 is 0 Å². The minimum absolute atomic E-state index is 0.496. The average molecular weight is 289 g/mol. The lowest BCUT2D eigenvalue weighted by molar-refractivity contribution is 0.588. The zero-order valence-corrected chi connectivity index (χ0v) is 13.5. The topological polar surface area (TPSA) is 28.2 Å². The van der Waals surface area contributed by atoms with Crippen LogP contribution in [-0.4, -0.2) is 18.1 Å². The van der Waals surface area contributed by atoms with Gasteiger partial charge in [-0.15, -0.1) is 11.3 Å². The molecule has 1 N–H and O–H groups in total. The van der Waals surface area contributed by atoms with Crippen LogP contribution in [0.5, 0.6) is 0 Å². The maximum atomic E-state index is 4.64. The van der Waals surface area contributed by atoms with E-state index >= 15 is 0 Å². The second-order valence-electron chi connectivity index (χ2n) is 5.45. The predicted octanol–water partition coefficient (Wildman–Crippen LogP) is 3.59. The SMILES string of the molecule is Cc1cc(CNC(C)C)cc(N(C)Cc2cccs2)n1. The largest absolute Gasteiger partial charge is 0.355 e. The molecule has 0 spiro atoms. The molecular formula is C16H23N3S. The number of aryl methyl sites for hydroxylation is 1. The smallest absolute Gasteiger partial charge is 0.129 e. The van der Waals surface area contributed by atoms with Crippen LogP contribution in [0.3, 0.4) is 0 Å². The van der Waals surface area contributed by atoms with Crippen molar-refractivity contribution < 1.29 is 0 Å². The van der Waals surface area contributed by atoms with Crippen LogP contribution >= 0.6 is 11.3 Å². The van der Waals surface area contributed by atoms with Crippen molar-refractivity contribution in [2.45, 2.75) is 39.9 Å². The van der Waals surface area contributed by atoms with Gasteiger partial charge in [-0.3, -0.25) is 0 Å². The first kappa shape index (κ1) is 15.0. The van der Waals surface area contributed by atoms with Gasteiger partial charge in [0.15, 0.2) is 0 Å². The fraction of sp³-hybridized carbons (Fsp3) is 0.438. The standard InChI is InChI=1S/C16H23N3S/c1-12(2)17-10-14-8-13(3)18-16(9-14)19(4)11-15-6-5-7-20-15/h5-9,12,17H,10-11H2,1-4H3. The normalized spacial score (nSPS) is 11.1. The molecule has 2 rings (SSSR count). The van der Waals surface area contributed by atoms with Crippen LogP contribution in [0.15, 0.2) is 29.6 Å². The Kier molecular flexibility index (Phi) is 5.15. The summed E-state index contributed by atoms with van der Waals surface area (Å²) in [5.41, 5.74) is 2.36. The van der Waals surface area contributed by atoms with E-state index in [0.717, 1.165) is 24.6 Å². The second-order valence-corrected chi connectivity index (χ2v) is 6.48. The summed E-state index contributed by atoms with van der Waals surface area (Å²) in [5.74, 6) is 1.04. The van der Waals surface area contributed by atoms with Crippen molar-refractivity contribution in [1.82, 2.24) is 10.3 Å². The molecular weight excluding hydrogens is 266 g/mol. The van der Waals surface area contributed by atoms with Crippen molar-refractivity contribution in [2.75, 3.05) is 11.9 Å². The maximum Gasteiger partial charge on any atom is 0.129 e. The van der Waals surface area contributed by atoms with Crippen LogP contribution in [0.4, 0.5) is 5.82 Å². The predicted molar refractivity (Wildman–Crippen MR) is 87.4 cm³/mol. The summed E-state index contributed by atoms with van der Waals surface area (Å²) in [5, 5.41) is 5.57. The van der Waals surface area contributed by atoms with Gasteiger partial charge in [0, 0.05) is 30.2 Å². The van der Waals surface area contributed by atoms with Crippen molar-refractivity contribution in [3.63, 3.8) is 0 Å². The molecule has 0 aliphatic heterocycles. The van der Waals surface area contributed by atoms with Crippen LogP contribution in [0.1, 0.15) is 30.0 Å². The minimum atomic E-state index is 0.496. The molecule has 2 heterocycles. The summed E-state index contributed by atoms with van der Waals surface area (Å²) in [4.78, 5) is 8.21. The van der Waals surface area contributed by atoms with Crippen LogP contribution in [0.2, 0.25) is 0 Å². The highest BCUT2D eigenvalue weighted by molar-refractivity contribution is 7.09. The van der Waals surface area contributed by atoms with E-state index < -0.39 is 0 Å². The Morgan fingerprint density at radius 1 is 1.35 bits per heavy atom. The van der Waals surface area contributed by atoms with Crippen LogP contribution in [0.25, 0.3) is 0 Å². The lowest BCUT2D eigenvalue weighted by Crippen LogP contribution is -2.23. The van der Waals surface area contributed by atoms with Gasteiger partial charge in [-0.05, 0) is 36.1 Å². The molecule has 0 saturated carbocycles. The second kappa shape index (κ2) is 6.86. The minimum Gasteiger partial charge on any atom is -0.355 e. The molecule has 0 saturated heterocycles. The van der Waals surface area contributed by atoms with Gasteiger partial charge in [-0.2, -0.15) is 0 Å². The highest BCUT2D eigenvalue weighted by atomic mass is 32.1. The highest BCUT2D eigenvalue weighted by Gasteiger charge is 2.07. The molecule has 108 valence electrons. The highest BCUT2D eigenvalue weighted by Crippen LogP contribution is 2.18.